The second kappa shape index (κ2) is 7.93. The second-order valence-electron chi connectivity index (χ2n) is 5.45. The van der Waals surface area contributed by atoms with Crippen LogP contribution in [0, 0.1) is 12.7 Å². The number of amides is 3. The molecule has 2 aromatic rings. The maximum absolute atomic E-state index is 13.4. The number of primary sulfonamides is 1. The fourth-order valence-corrected chi connectivity index (χ4v) is 2.63. The molecule has 3 amide bonds. The van der Waals surface area contributed by atoms with Gasteiger partial charge in [0, 0.05) is 11.4 Å². The minimum atomic E-state index is -4.12. The lowest BCUT2D eigenvalue weighted by Crippen LogP contribution is -2.35. The predicted molar refractivity (Wildman–Crippen MR) is 94.6 cm³/mol. The number of sulfonamides is 1. The largest absolute Gasteiger partial charge is 0.329 e. The zero-order chi connectivity index (χ0) is 19.3. The molecule has 0 radical (unpaired) electrons. The Morgan fingerprint density at radius 3 is 2.46 bits per heavy atom. The predicted octanol–water partition coefficient (Wildman–Crippen LogP) is 1.54. The molecule has 26 heavy (non-hydrogen) atoms. The maximum atomic E-state index is 13.4. The van der Waals surface area contributed by atoms with Crippen molar-refractivity contribution in [3.05, 3.63) is 53.8 Å². The van der Waals surface area contributed by atoms with E-state index in [1.165, 1.54) is 0 Å². The van der Waals surface area contributed by atoms with Crippen LogP contribution in [0.25, 0.3) is 0 Å². The summed E-state index contributed by atoms with van der Waals surface area (Å²) >= 11 is 0. The molecular weight excluding hydrogens is 363 g/mol. The third-order valence-electron chi connectivity index (χ3n) is 3.17. The van der Waals surface area contributed by atoms with Gasteiger partial charge in [-0.3, -0.25) is 4.79 Å². The average molecular weight is 380 g/mol. The number of benzene rings is 2. The number of nitrogens with one attached hydrogen (secondary N) is 3. The molecule has 0 heterocycles. The lowest BCUT2D eigenvalue weighted by molar-refractivity contribution is -0.115. The van der Waals surface area contributed by atoms with Gasteiger partial charge in [-0.1, -0.05) is 12.1 Å². The Labute approximate surface area is 149 Å². The van der Waals surface area contributed by atoms with E-state index in [1.807, 2.05) is 13.0 Å². The van der Waals surface area contributed by atoms with Crippen LogP contribution in [0.3, 0.4) is 0 Å². The van der Waals surface area contributed by atoms with Crippen LogP contribution in [0.1, 0.15) is 5.56 Å². The number of hydrogen-bond acceptors (Lipinski definition) is 4. The second-order valence-corrected chi connectivity index (χ2v) is 7.01. The van der Waals surface area contributed by atoms with E-state index >= 15 is 0 Å². The zero-order valence-electron chi connectivity index (χ0n) is 13.7. The van der Waals surface area contributed by atoms with E-state index in [4.69, 9.17) is 5.14 Å². The van der Waals surface area contributed by atoms with Crippen LogP contribution in [-0.2, 0) is 14.8 Å². The number of nitrogens with two attached hydrogens (primary N) is 1. The Balaban J connectivity index is 1.93. The van der Waals surface area contributed by atoms with E-state index in [2.05, 4.69) is 16.0 Å². The third kappa shape index (κ3) is 5.83. The maximum Gasteiger partial charge on any atom is 0.319 e. The SMILES string of the molecule is Cc1cccc(NC(=O)NCC(=O)Nc2cc(F)cc(S(N)(=O)=O)c2)c1. The van der Waals surface area contributed by atoms with Gasteiger partial charge in [0.05, 0.1) is 11.4 Å². The van der Waals surface area contributed by atoms with Gasteiger partial charge in [0.25, 0.3) is 0 Å². The van der Waals surface area contributed by atoms with Crippen LogP contribution in [0.4, 0.5) is 20.6 Å². The first-order chi connectivity index (χ1) is 12.1. The van der Waals surface area contributed by atoms with Crippen LogP contribution >= 0.6 is 0 Å². The van der Waals surface area contributed by atoms with Crippen LogP contribution in [0.2, 0.25) is 0 Å². The first kappa shape index (κ1) is 19.3. The fraction of sp³-hybridized carbons (Fsp3) is 0.125. The van der Waals surface area contributed by atoms with Gasteiger partial charge in [-0.2, -0.15) is 0 Å². The molecule has 0 saturated heterocycles. The number of halogens is 1. The smallest absolute Gasteiger partial charge is 0.319 e. The van der Waals surface area contributed by atoms with E-state index in [-0.39, 0.29) is 5.69 Å². The molecule has 10 heteroatoms. The molecule has 8 nitrogen and oxygen atoms in total. The number of urea groups is 1. The molecule has 0 atom stereocenters. The monoisotopic (exact) mass is 380 g/mol. The lowest BCUT2D eigenvalue weighted by atomic mass is 10.2. The van der Waals surface area contributed by atoms with Gasteiger partial charge < -0.3 is 16.0 Å². The number of hydrogen-bond donors (Lipinski definition) is 4. The minimum absolute atomic E-state index is 0.0973. The first-order valence-corrected chi connectivity index (χ1v) is 8.93. The normalized spacial score (nSPS) is 10.9. The molecule has 0 unspecified atom stereocenters. The molecule has 138 valence electrons. The summed E-state index contributed by atoms with van der Waals surface area (Å²) < 4.78 is 36.0. The van der Waals surface area contributed by atoms with Crippen molar-refractivity contribution in [3.8, 4) is 0 Å². The molecule has 2 aromatic carbocycles. The molecule has 0 aliphatic heterocycles. The Morgan fingerprint density at radius 1 is 1.08 bits per heavy atom. The summed E-state index contributed by atoms with van der Waals surface area (Å²) in [5, 5.41) is 12.1. The Hall–Kier alpha value is -2.98. The van der Waals surface area contributed by atoms with Gasteiger partial charge in [-0.05, 0) is 42.8 Å². The van der Waals surface area contributed by atoms with E-state index in [1.54, 1.807) is 18.2 Å². The molecule has 0 bridgehead atoms. The van der Waals surface area contributed by atoms with E-state index in [9.17, 15) is 22.4 Å². The van der Waals surface area contributed by atoms with E-state index in [0.29, 0.717) is 5.69 Å². The van der Waals surface area contributed by atoms with Crippen molar-refractivity contribution in [2.45, 2.75) is 11.8 Å². The first-order valence-electron chi connectivity index (χ1n) is 7.38. The number of carbonyl (C=O) groups is 2. The van der Waals surface area contributed by atoms with Crippen LogP contribution in [0.5, 0.6) is 0 Å². The van der Waals surface area contributed by atoms with Gasteiger partial charge in [0.2, 0.25) is 15.9 Å². The molecule has 0 aliphatic carbocycles. The molecule has 0 spiro atoms. The summed E-state index contributed by atoms with van der Waals surface area (Å²) in [6.07, 6.45) is 0. The lowest BCUT2D eigenvalue weighted by Gasteiger charge is -2.10. The van der Waals surface area contributed by atoms with Crippen LogP contribution < -0.4 is 21.1 Å². The van der Waals surface area contributed by atoms with Crippen molar-refractivity contribution >= 4 is 33.3 Å². The summed E-state index contributed by atoms with van der Waals surface area (Å²) in [6.45, 7) is 1.46. The van der Waals surface area contributed by atoms with Crippen molar-refractivity contribution in [3.63, 3.8) is 0 Å². The van der Waals surface area contributed by atoms with Crippen LogP contribution in [-0.4, -0.2) is 26.9 Å². The van der Waals surface area contributed by atoms with Crippen LogP contribution in [0.15, 0.2) is 47.4 Å². The number of rotatable bonds is 5. The Morgan fingerprint density at radius 2 is 1.81 bits per heavy atom. The standard InChI is InChI=1S/C16H17FN4O4S/c1-10-3-2-4-12(5-10)21-16(23)19-9-15(22)20-13-6-11(17)7-14(8-13)26(18,24)25/h2-8H,9H2,1H3,(H,20,22)(H2,18,24,25)(H2,19,21,23). The summed E-state index contributed by atoms with van der Waals surface area (Å²) in [5.41, 5.74) is 1.42. The van der Waals surface area contributed by atoms with Crippen molar-refractivity contribution in [1.29, 1.82) is 0 Å². The highest BCUT2D eigenvalue weighted by atomic mass is 32.2. The Bertz CT molecular complexity index is 947. The molecule has 0 fully saturated rings. The number of anilines is 2. The van der Waals surface area contributed by atoms with Crippen molar-refractivity contribution in [2.75, 3.05) is 17.2 Å². The van der Waals surface area contributed by atoms with Crippen molar-refractivity contribution in [1.82, 2.24) is 5.32 Å². The van der Waals surface area contributed by atoms with Gasteiger partial charge >= 0.3 is 6.03 Å². The summed E-state index contributed by atoms with van der Waals surface area (Å²) in [4.78, 5) is 23.1. The zero-order valence-corrected chi connectivity index (χ0v) is 14.6. The quantitative estimate of drug-likeness (QED) is 0.627. The number of aryl methyl sites for hydroxylation is 1. The highest BCUT2D eigenvalue weighted by Gasteiger charge is 2.13. The molecule has 0 aromatic heterocycles. The molecule has 2 rings (SSSR count). The third-order valence-corrected chi connectivity index (χ3v) is 4.06. The Kier molecular flexibility index (Phi) is 5.90. The highest BCUT2D eigenvalue weighted by Crippen LogP contribution is 2.17. The molecule has 5 N–H and O–H groups in total. The van der Waals surface area contributed by atoms with Gasteiger partial charge in [-0.25, -0.2) is 22.7 Å². The molecular formula is C16H17FN4O4S. The van der Waals surface area contributed by atoms with E-state index < -0.39 is 39.2 Å². The average Bonchev–Trinajstić information content (AvgIpc) is 2.51. The van der Waals surface area contributed by atoms with Gasteiger partial charge in [-0.15, -0.1) is 0 Å². The highest BCUT2D eigenvalue weighted by molar-refractivity contribution is 7.89. The van der Waals surface area contributed by atoms with Gasteiger partial charge in [0.1, 0.15) is 5.82 Å². The van der Waals surface area contributed by atoms with E-state index in [0.717, 1.165) is 23.8 Å². The minimum Gasteiger partial charge on any atom is -0.329 e. The number of carbonyl (C=O) groups excluding carboxylic acids is 2. The topological polar surface area (TPSA) is 130 Å². The summed E-state index contributed by atoms with van der Waals surface area (Å²) in [7, 11) is -4.12. The fourth-order valence-electron chi connectivity index (χ4n) is 2.06. The van der Waals surface area contributed by atoms with Gasteiger partial charge in [0.15, 0.2) is 0 Å². The molecule has 0 aliphatic rings. The van der Waals surface area contributed by atoms with Crippen molar-refractivity contribution < 1.29 is 22.4 Å². The molecule has 0 saturated carbocycles. The summed E-state index contributed by atoms with van der Waals surface area (Å²) in [5.74, 6) is -1.55. The summed E-state index contributed by atoms with van der Waals surface area (Å²) in [6, 6.07) is 9.15. The van der Waals surface area contributed by atoms with Crippen molar-refractivity contribution in [2.24, 2.45) is 5.14 Å².